The van der Waals surface area contributed by atoms with Gasteiger partial charge in [0.25, 0.3) is 0 Å². The molecule has 1 N–H and O–H groups in total. The number of anilines is 1. The zero-order valence-electron chi connectivity index (χ0n) is 12.8. The van der Waals surface area contributed by atoms with Gasteiger partial charge in [0.15, 0.2) is 0 Å². The smallest absolute Gasteiger partial charge is 0.215 e. The van der Waals surface area contributed by atoms with Gasteiger partial charge in [0.05, 0.1) is 31.2 Å². The highest BCUT2D eigenvalue weighted by molar-refractivity contribution is 6.22. The molecule has 4 nitrogen and oxygen atoms in total. The molecule has 114 valence electrons. The Hall–Kier alpha value is -3.19. The molecule has 0 radical (unpaired) electrons. The van der Waals surface area contributed by atoms with E-state index in [2.05, 4.69) is 11.2 Å². The molecule has 0 unspecified atom stereocenters. The Balaban J connectivity index is 1.99. The Bertz CT molecular complexity index is 842. The normalized spacial score (nSPS) is 14.1. The fraction of sp³-hybridized carbons (Fsp3) is 0.105. The van der Waals surface area contributed by atoms with Gasteiger partial charge in [-0.15, -0.1) is 6.42 Å². The number of allylic oxidation sites excluding steroid dienone is 1. The summed E-state index contributed by atoms with van der Waals surface area (Å²) in [6.07, 6.45) is 7.13. The number of terminal acetylenes is 1. The first-order valence-electron chi connectivity index (χ1n) is 7.02. The highest BCUT2D eigenvalue weighted by atomic mass is 16.5. The van der Waals surface area contributed by atoms with Crippen LogP contribution in [0.5, 0.6) is 11.5 Å². The molecule has 2 aromatic carbocycles. The molecule has 0 saturated carbocycles. The summed E-state index contributed by atoms with van der Waals surface area (Å²) in [5.74, 6) is 3.57. The van der Waals surface area contributed by atoms with Crippen LogP contribution in [0, 0.1) is 12.3 Å². The molecule has 1 heterocycles. The molecule has 1 aliphatic rings. The number of fused-ring (bicyclic) bond motifs is 1. The summed E-state index contributed by atoms with van der Waals surface area (Å²) in [4.78, 5) is 12.6. The number of methoxy groups -OCH3 is 2. The molecule has 0 bridgehead atoms. The molecule has 23 heavy (non-hydrogen) atoms. The van der Waals surface area contributed by atoms with E-state index in [-0.39, 0.29) is 5.78 Å². The van der Waals surface area contributed by atoms with Crippen molar-refractivity contribution in [2.75, 3.05) is 19.5 Å². The highest BCUT2D eigenvalue weighted by Gasteiger charge is 2.29. The van der Waals surface area contributed by atoms with E-state index < -0.39 is 0 Å². The molecule has 0 aliphatic carbocycles. The predicted octanol–water partition coefficient (Wildman–Crippen LogP) is 3.33. The van der Waals surface area contributed by atoms with Crippen molar-refractivity contribution in [2.24, 2.45) is 0 Å². The first-order chi connectivity index (χ1) is 11.2. The van der Waals surface area contributed by atoms with E-state index >= 15 is 0 Å². The molecule has 0 amide bonds. The topological polar surface area (TPSA) is 47.6 Å². The maximum absolute atomic E-state index is 12.6. The molecule has 0 fully saturated rings. The zero-order chi connectivity index (χ0) is 16.4. The quantitative estimate of drug-likeness (QED) is 0.698. The Kier molecular flexibility index (Phi) is 3.78. The number of rotatable bonds is 3. The molecule has 0 spiro atoms. The lowest BCUT2D eigenvalue weighted by Crippen LogP contribution is -2.01. The van der Waals surface area contributed by atoms with Gasteiger partial charge in [-0.1, -0.05) is 18.1 Å². The fourth-order valence-corrected chi connectivity index (χ4v) is 2.48. The summed E-state index contributed by atoms with van der Waals surface area (Å²) >= 11 is 0. The standard InChI is InChI=1S/C19H15NO3/c1-4-12-5-7-13(8-6-12)9-16-19(21)18-15(20-16)10-14(22-2)11-17(18)23-3/h1,5-11,20H,2-3H3/b16-9-. The van der Waals surface area contributed by atoms with Crippen LogP contribution in [-0.4, -0.2) is 20.0 Å². The highest BCUT2D eigenvalue weighted by Crippen LogP contribution is 2.39. The van der Waals surface area contributed by atoms with Crippen molar-refractivity contribution >= 4 is 17.5 Å². The average Bonchev–Trinajstić information content (AvgIpc) is 2.90. The van der Waals surface area contributed by atoms with Gasteiger partial charge >= 0.3 is 0 Å². The van der Waals surface area contributed by atoms with Crippen LogP contribution in [0.4, 0.5) is 5.69 Å². The summed E-state index contributed by atoms with van der Waals surface area (Å²) in [6, 6.07) is 10.9. The molecule has 1 aliphatic heterocycles. The monoisotopic (exact) mass is 305 g/mol. The zero-order valence-corrected chi connectivity index (χ0v) is 12.8. The minimum absolute atomic E-state index is 0.111. The average molecular weight is 305 g/mol. The summed E-state index contributed by atoms with van der Waals surface area (Å²) < 4.78 is 10.5. The summed E-state index contributed by atoms with van der Waals surface area (Å²) in [5.41, 5.74) is 3.36. The Morgan fingerprint density at radius 3 is 2.48 bits per heavy atom. The third-order valence-electron chi connectivity index (χ3n) is 3.66. The van der Waals surface area contributed by atoms with Gasteiger partial charge in [-0.3, -0.25) is 4.79 Å². The van der Waals surface area contributed by atoms with Crippen LogP contribution in [0.2, 0.25) is 0 Å². The van der Waals surface area contributed by atoms with Crippen LogP contribution in [0.3, 0.4) is 0 Å². The molecular formula is C19H15NO3. The Morgan fingerprint density at radius 1 is 1.13 bits per heavy atom. The molecule has 0 saturated heterocycles. The van der Waals surface area contributed by atoms with Crippen molar-refractivity contribution in [1.29, 1.82) is 0 Å². The van der Waals surface area contributed by atoms with Crippen molar-refractivity contribution in [3.63, 3.8) is 0 Å². The lowest BCUT2D eigenvalue weighted by atomic mass is 10.1. The van der Waals surface area contributed by atoms with Crippen LogP contribution in [-0.2, 0) is 0 Å². The van der Waals surface area contributed by atoms with Gasteiger partial charge in [-0.2, -0.15) is 0 Å². The van der Waals surface area contributed by atoms with Crippen LogP contribution in [0.15, 0.2) is 42.1 Å². The Morgan fingerprint density at radius 2 is 1.87 bits per heavy atom. The number of carbonyl (C=O) groups is 1. The minimum atomic E-state index is -0.111. The molecule has 0 aromatic heterocycles. The van der Waals surface area contributed by atoms with Crippen LogP contribution < -0.4 is 14.8 Å². The van der Waals surface area contributed by atoms with Gasteiger partial charge in [-0.25, -0.2) is 0 Å². The van der Waals surface area contributed by atoms with E-state index in [0.717, 1.165) is 11.1 Å². The molecule has 2 aromatic rings. The Labute approximate surface area is 134 Å². The maximum atomic E-state index is 12.6. The second-order valence-electron chi connectivity index (χ2n) is 5.03. The second kappa shape index (κ2) is 5.90. The summed E-state index contributed by atoms with van der Waals surface area (Å²) in [7, 11) is 3.10. The third kappa shape index (κ3) is 2.65. The lowest BCUT2D eigenvalue weighted by Gasteiger charge is -2.08. The van der Waals surface area contributed by atoms with E-state index in [1.54, 1.807) is 25.3 Å². The lowest BCUT2D eigenvalue weighted by molar-refractivity contribution is 0.104. The second-order valence-corrected chi connectivity index (χ2v) is 5.03. The number of hydrogen-bond acceptors (Lipinski definition) is 4. The van der Waals surface area contributed by atoms with Crippen LogP contribution >= 0.6 is 0 Å². The van der Waals surface area contributed by atoms with Crippen molar-refractivity contribution in [2.45, 2.75) is 0 Å². The van der Waals surface area contributed by atoms with E-state index in [4.69, 9.17) is 15.9 Å². The van der Waals surface area contributed by atoms with Gasteiger partial charge in [0.1, 0.15) is 11.5 Å². The molecule has 4 heteroatoms. The number of carbonyl (C=O) groups excluding carboxylic acids is 1. The number of Topliss-reactive ketones (excluding diaryl/α,β-unsaturated/α-hetero) is 1. The predicted molar refractivity (Wildman–Crippen MR) is 89.9 cm³/mol. The molecule has 3 rings (SSSR count). The number of ether oxygens (including phenoxy) is 2. The fourth-order valence-electron chi connectivity index (χ4n) is 2.48. The van der Waals surface area contributed by atoms with Gasteiger partial charge in [0.2, 0.25) is 5.78 Å². The first kappa shape index (κ1) is 14.7. The third-order valence-corrected chi connectivity index (χ3v) is 3.66. The summed E-state index contributed by atoms with van der Waals surface area (Å²) in [5, 5.41) is 3.12. The van der Waals surface area contributed by atoms with E-state index in [9.17, 15) is 4.79 Å². The van der Waals surface area contributed by atoms with Crippen LogP contribution in [0.25, 0.3) is 6.08 Å². The van der Waals surface area contributed by atoms with Crippen molar-refractivity contribution in [1.82, 2.24) is 0 Å². The first-order valence-corrected chi connectivity index (χ1v) is 7.02. The number of benzene rings is 2. The number of ketones is 1. The molecule has 0 atom stereocenters. The van der Waals surface area contributed by atoms with Crippen LogP contribution in [0.1, 0.15) is 21.5 Å². The largest absolute Gasteiger partial charge is 0.497 e. The number of nitrogens with one attached hydrogen (secondary N) is 1. The maximum Gasteiger partial charge on any atom is 0.215 e. The van der Waals surface area contributed by atoms with Gasteiger partial charge < -0.3 is 14.8 Å². The van der Waals surface area contributed by atoms with Gasteiger partial charge in [-0.05, 0) is 23.8 Å². The van der Waals surface area contributed by atoms with Gasteiger partial charge in [0, 0.05) is 17.7 Å². The van der Waals surface area contributed by atoms with Crippen molar-refractivity contribution in [3.8, 4) is 23.8 Å². The van der Waals surface area contributed by atoms with E-state index in [0.29, 0.717) is 28.4 Å². The van der Waals surface area contributed by atoms with Crippen molar-refractivity contribution < 1.29 is 14.3 Å². The molecular weight excluding hydrogens is 290 g/mol. The van der Waals surface area contributed by atoms with E-state index in [1.165, 1.54) is 7.11 Å². The number of hydrogen-bond donors (Lipinski definition) is 1. The SMILES string of the molecule is C#Cc1ccc(/C=C2\Nc3cc(OC)cc(OC)c3C2=O)cc1. The van der Waals surface area contributed by atoms with E-state index in [1.807, 2.05) is 24.3 Å². The summed E-state index contributed by atoms with van der Waals surface area (Å²) in [6.45, 7) is 0. The van der Waals surface area contributed by atoms with Crippen molar-refractivity contribution in [3.05, 3.63) is 58.8 Å². The minimum Gasteiger partial charge on any atom is -0.497 e.